The van der Waals surface area contributed by atoms with Crippen LogP contribution in [0, 0.1) is 4.84 Å². The number of aromatic nitrogens is 2. The zero-order chi connectivity index (χ0) is 20.0. The Bertz CT molecular complexity index is 694. The molecule has 0 aliphatic heterocycles. The van der Waals surface area contributed by atoms with E-state index in [1.165, 1.54) is 0 Å². The molecule has 0 bridgehead atoms. The normalized spacial score (nSPS) is 20.9. The first-order chi connectivity index (χ1) is 12.7. The summed E-state index contributed by atoms with van der Waals surface area (Å²) in [6.07, 6.45) is 4.40. The van der Waals surface area contributed by atoms with Gasteiger partial charge in [0.1, 0.15) is 11.6 Å². The molecule has 1 aliphatic carbocycles. The molecule has 1 aromatic heterocycles. The van der Waals surface area contributed by atoms with Gasteiger partial charge < -0.3 is 19.8 Å². The van der Waals surface area contributed by atoms with E-state index in [-0.39, 0.29) is 22.7 Å². The van der Waals surface area contributed by atoms with Crippen molar-refractivity contribution in [1.29, 1.82) is 0 Å². The third-order valence-corrected chi connectivity index (χ3v) is 4.64. The Labute approximate surface area is 164 Å². The van der Waals surface area contributed by atoms with Crippen molar-refractivity contribution < 1.29 is 18.7 Å². The lowest BCUT2D eigenvalue weighted by Gasteiger charge is -2.25. The fourth-order valence-corrected chi connectivity index (χ4v) is 3.37. The zero-order valence-corrected chi connectivity index (χ0v) is 17.3. The smallest absolute Gasteiger partial charge is 0.408 e. The van der Waals surface area contributed by atoms with Crippen LogP contribution in [0.15, 0.2) is 4.42 Å². The summed E-state index contributed by atoms with van der Waals surface area (Å²) < 4.78 is 10.7. The largest absolute Gasteiger partial charge is 0.444 e. The summed E-state index contributed by atoms with van der Waals surface area (Å²) in [5.74, 6) is 0.295. The van der Waals surface area contributed by atoms with E-state index in [0.717, 1.165) is 32.1 Å². The van der Waals surface area contributed by atoms with Gasteiger partial charge in [0.05, 0.1) is 5.92 Å². The van der Waals surface area contributed by atoms with Gasteiger partial charge in [-0.25, -0.2) is 9.89 Å². The molecule has 2 rings (SSSR count). The third-order valence-electron chi connectivity index (χ3n) is 4.47. The Hall–Kier alpha value is -1.90. The quantitative estimate of drug-likeness (QED) is 0.606. The van der Waals surface area contributed by atoms with Crippen LogP contribution in [0.4, 0.5) is 4.79 Å². The standard InChI is InChI=1S/C18H30N4O4S/c1-5-6-9-13(20-16(24)26-18(2,3)4)14(23)19-12-10-7-8-11(12)15-21-22-17(27)25-15/h11-13H,5-10H2,1-4H3,(H,19,23)(H,20,24)(H,22,27)/t11-,12+,13+/m1/s1. The molecule has 0 unspecified atom stereocenters. The van der Waals surface area contributed by atoms with Gasteiger partial charge in [0.25, 0.3) is 4.84 Å². The fraction of sp³-hybridized carbons (Fsp3) is 0.778. The minimum atomic E-state index is -0.633. The summed E-state index contributed by atoms with van der Waals surface area (Å²) >= 11 is 4.94. The maximum atomic E-state index is 12.8. The van der Waals surface area contributed by atoms with Crippen LogP contribution in [0.1, 0.15) is 78.0 Å². The predicted molar refractivity (Wildman–Crippen MR) is 103 cm³/mol. The maximum Gasteiger partial charge on any atom is 0.408 e. The van der Waals surface area contributed by atoms with Gasteiger partial charge in [-0.1, -0.05) is 26.2 Å². The molecule has 8 nitrogen and oxygen atoms in total. The second-order valence-electron chi connectivity index (χ2n) is 7.94. The maximum absolute atomic E-state index is 12.8. The first kappa shape index (κ1) is 21.4. The van der Waals surface area contributed by atoms with E-state index < -0.39 is 17.7 Å². The molecule has 9 heteroatoms. The Kier molecular flexibility index (Phi) is 7.41. The molecule has 1 fully saturated rings. The van der Waals surface area contributed by atoms with E-state index in [1.807, 2.05) is 6.92 Å². The predicted octanol–water partition coefficient (Wildman–Crippen LogP) is 3.57. The molecule has 1 saturated carbocycles. The van der Waals surface area contributed by atoms with Gasteiger partial charge in [-0.15, -0.1) is 5.10 Å². The highest BCUT2D eigenvalue weighted by molar-refractivity contribution is 7.71. The highest BCUT2D eigenvalue weighted by Crippen LogP contribution is 2.33. The lowest BCUT2D eigenvalue weighted by molar-refractivity contribution is -0.124. The molecule has 3 N–H and O–H groups in total. The second-order valence-corrected chi connectivity index (χ2v) is 8.32. The average Bonchev–Trinajstić information content (AvgIpc) is 3.18. The van der Waals surface area contributed by atoms with Crippen molar-refractivity contribution in [3.63, 3.8) is 0 Å². The number of rotatable bonds is 7. The molecule has 0 spiro atoms. The zero-order valence-electron chi connectivity index (χ0n) is 16.5. The van der Waals surface area contributed by atoms with Crippen LogP contribution in [0.25, 0.3) is 0 Å². The number of ether oxygens (including phenoxy) is 1. The van der Waals surface area contributed by atoms with E-state index in [4.69, 9.17) is 21.4 Å². The number of amides is 2. The second kappa shape index (κ2) is 9.34. The number of hydrogen-bond acceptors (Lipinski definition) is 6. The van der Waals surface area contributed by atoms with Crippen molar-refractivity contribution >= 4 is 24.2 Å². The van der Waals surface area contributed by atoms with Crippen LogP contribution < -0.4 is 10.6 Å². The first-order valence-electron chi connectivity index (χ1n) is 9.55. The monoisotopic (exact) mass is 398 g/mol. The molecule has 2 amide bonds. The van der Waals surface area contributed by atoms with Crippen LogP contribution in [0.2, 0.25) is 0 Å². The Morgan fingerprint density at radius 2 is 2.15 bits per heavy atom. The Morgan fingerprint density at radius 1 is 1.41 bits per heavy atom. The van der Waals surface area contributed by atoms with E-state index in [9.17, 15) is 9.59 Å². The lowest BCUT2D eigenvalue weighted by atomic mass is 10.0. The summed E-state index contributed by atoms with van der Waals surface area (Å²) in [6.45, 7) is 7.41. The number of hydrogen-bond donors (Lipinski definition) is 3. The van der Waals surface area contributed by atoms with Crippen molar-refractivity contribution in [2.24, 2.45) is 0 Å². The summed E-state index contributed by atoms with van der Waals surface area (Å²) in [7, 11) is 0. The number of H-pyrrole nitrogens is 1. The van der Waals surface area contributed by atoms with E-state index >= 15 is 0 Å². The van der Waals surface area contributed by atoms with Crippen molar-refractivity contribution in [2.45, 2.75) is 89.8 Å². The van der Waals surface area contributed by atoms with E-state index in [2.05, 4.69) is 20.8 Å². The summed E-state index contributed by atoms with van der Waals surface area (Å²) in [6, 6.07) is -0.727. The summed E-state index contributed by atoms with van der Waals surface area (Å²) in [4.78, 5) is 25.2. The van der Waals surface area contributed by atoms with Gasteiger partial charge in [0.15, 0.2) is 0 Å². The van der Waals surface area contributed by atoms with Gasteiger partial charge in [-0.05, 0) is 52.3 Å². The van der Waals surface area contributed by atoms with Crippen LogP contribution in [-0.4, -0.2) is 39.9 Å². The molecule has 1 aliphatic rings. The third kappa shape index (κ3) is 6.64. The average molecular weight is 399 g/mol. The molecule has 152 valence electrons. The summed E-state index contributed by atoms with van der Waals surface area (Å²) in [5, 5.41) is 12.5. The Balaban J connectivity index is 2.01. The number of carbonyl (C=O) groups excluding carboxylic acids is 2. The number of aromatic amines is 1. The molecule has 1 aromatic rings. The van der Waals surface area contributed by atoms with E-state index in [0.29, 0.717) is 12.3 Å². The summed E-state index contributed by atoms with van der Waals surface area (Å²) in [5.41, 5.74) is -0.615. The van der Waals surface area contributed by atoms with Crippen molar-refractivity contribution in [3.05, 3.63) is 10.7 Å². The highest BCUT2D eigenvalue weighted by atomic mass is 32.1. The first-order valence-corrected chi connectivity index (χ1v) is 9.95. The number of alkyl carbamates (subject to hydrolysis) is 1. The highest BCUT2D eigenvalue weighted by Gasteiger charge is 2.35. The molecule has 3 atom stereocenters. The molecule has 27 heavy (non-hydrogen) atoms. The number of nitrogens with one attached hydrogen (secondary N) is 3. The van der Waals surface area contributed by atoms with Crippen molar-refractivity contribution in [1.82, 2.24) is 20.8 Å². The number of carbonyl (C=O) groups is 2. The van der Waals surface area contributed by atoms with Gasteiger partial charge in [0.2, 0.25) is 11.8 Å². The fourth-order valence-electron chi connectivity index (χ4n) is 3.24. The van der Waals surface area contributed by atoms with Crippen molar-refractivity contribution in [2.75, 3.05) is 0 Å². The van der Waals surface area contributed by atoms with Crippen LogP contribution >= 0.6 is 12.2 Å². The van der Waals surface area contributed by atoms with Gasteiger partial charge in [0, 0.05) is 6.04 Å². The molecule has 0 aromatic carbocycles. The van der Waals surface area contributed by atoms with Crippen LogP contribution in [0.5, 0.6) is 0 Å². The lowest BCUT2D eigenvalue weighted by Crippen LogP contribution is -2.51. The molecule has 1 heterocycles. The van der Waals surface area contributed by atoms with Gasteiger partial charge in [-0.2, -0.15) is 0 Å². The molecular weight excluding hydrogens is 368 g/mol. The number of unbranched alkanes of at least 4 members (excludes halogenated alkanes) is 1. The molecular formula is C18H30N4O4S. The van der Waals surface area contributed by atoms with Crippen LogP contribution in [-0.2, 0) is 9.53 Å². The SMILES string of the molecule is CCCC[C@H](NC(=O)OC(C)(C)C)C(=O)N[C@H]1CCC[C@H]1c1n[nH]c(=S)o1. The van der Waals surface area contributed by atoms with E-state index in [1.54, 1.807) is 20.8 Å². The minimum Gasteiger partial charge on any atom is -0.444 e. The Morgan fingerprint density at radius 3 is 2.74 bits per heavy atom. The van der Waals surface area contributed by atoms with Crippen molar-refractivity contribution in [3.8, 4) is 0 Å². The molecule has 0 radical (unpaired) electrons. The number of nitrogens with zero attached hydrogens (tertiary/aromatic N) is 1. The van der Waals surface area contributed by atoms with Gasteiger partial charge in [-0.3, -0.25) is 4.79 Å². The minimum absolute atomic E-state index is 0.0183. The molecule has 0 saturated heterocycles. The topological polar surface area (TPSA) is 109 Å². The van der Waals surface area contributed by atoms with Crippen LogP contribution in [0.3, 0.4) is 0 Å². The van der Waals surface area contributed by atoms with Gasteiger partial charge >= 0.3 is 6.09 Å².